The standard InChI is InChI=1S/C26H32N4O4S/c1-19-24(26(32)30(28(19)2)22-15-9-6-10-16-22)29(3)35(33,34)23-17-11-12-20(18-23)25(31)27-21-13-7-4-5-8-14-21/h6,9-12,15-18,21H,4-5,7-8,13-14H2,1-3H3,(H,27,31). The average molecular weight is 497 g/mol. The van der Waals surface area contributed by atoms with E-state index in [1.807, 2.05) is 18.2 Å². The van der Waals surface area contributed by atoms with Crippen molar-refractivity contribution in [2.45, 2.75) is 56.4 Å². The molecule has 8 nitrogen and oxygen atoms in total. The highest BCUT2D eigenvalue weighted by Gasteiger charge is 2.29. The molecule has 0 saturated heterocycles. The van der Waals surface area contributed by atoms with E-state index < -0.39 is 15.6 Å². The van der Waals surface area contributed by atoms with E-state index in [1.54, 1.807) is 42.9 Å². The van der Waals surface area contributed by atoms with Gasteiger partial charge in [-0.05, 0) is 50.1 Å². The minimum Gasteiger partial charge on any atom is -0.349 e. The Morgan fingerprint density at radius 3 is 2.31 bits per heavy atom. The molecule has 9 heteroatoms. The van der Waals surface area contributed by atoms with Crippen LogP contribution in [0.2, 0.25) is 0 Å². The summed E-state index contributed by atoms with van der Waals surface area (Å²) >= 11 is 0. The molecule has 1 heterocycles. The molecule has 0 radical (unpaired) electrons. The lowest BCUT2D eigenvalue weighted by Crippen LogP contribution is -2.35. The second-order valence-electron chi connectivity index (χ2n) is 9.07. The van der Waals surface area contributed by atoms with Crippen LogP contribution < -0.4 is 15.2 Å². The van der Waals surface area contributed by atoms with Crippen molar-refractivity contribution in [1.82, 2.24) is 14.7 Å². The number of benzene rings is 2. The lowest BCUT2D eigenvalue weighted by molar-refractivity contribution is 0.0933. The summed E-state index contributed by atoms with van der Waals surface area (Å²) in [6.07, 6.45) is 6.40. The van der Waals surface area contributed by atoms with Gasteiger partial charge in [0.25, 0.3) is 21.5 Å². The van der Waals surface area contributed by atoms with Gasteiger partial charge in [0.1, 0.15) is 5.69 Å². The Balaban J connectivity index is 1.64. The van der Waals surface area contributed by atoms with Gasteiger partial charge in [-0.25, -0.2) is 13.1 Å². The molecule has 35 heavy (non-hydrogen) atoms. The van der Waals surface area contributed by atoms with Crippen LogP contribution in [0.1, 0.15) is 54.6 Å². The van der Waals surface area contributed by atoms with Crippen LogP contribution in [-0.4, -0.2) is 36.8 Å². The molecule has 1 saturated carbocycles. The zero-order valence-electron chi connectivity index (χ0n) is 20.4. The largest absolute Gasteiger partial charge is 0.349 e. The van der Waals surface area contributed by atoms with Crippen molar-refractivity contribution in [3.05, 3.63) is 76.2 Å². The van der Waals surface area contributed by atoms with Crippen LogP contribution in [0.5, 0.6) is 0 Å². The lowest BCUT2D eigenvalue weighted by atomic mass is 10.1. The zero-order chi connectivity index (χ0) is 25.2. The summed E-state index contributed by atoms with van der Waals surface area (Å²) in [5.74, 6) is -0.279. The van der Waals surface area contributed by atoms with Crippen molar-refractivity contribution in [2.24, 2.45) is 7.05 Å². The Morgan fingerprint density at radius 2 is 1.66 bits per heavy atom. The fraction of sp³-hybridized carbons (Fsp3) is 0.385. The number of nitrogens with one attached hydrogen (secondary N) is 1. The third kappa shape index (κ3) is 4.91. The van der Waals surface area contributed by atoms with Gasteiger partial charge in [0.05, 0.1) is 16.3 Å². The number of carbonyl (C=O) groups excluding carboxylic acids is 1. The summed E-state index contributed by atoms with van der Waals surface area (Å²) in [5.41, 5.74) is 1.05. The molecule has 1 aliphatic carbocycles. The number of amides is 1. The normalized spacial score (nSPS) is 14.9. The Hall–Kier alpha value is -3.33. The van der Waals surface area contributed by atoms with Crippen LogP contribution in [0, 0.1) is 6.92 Å². The molecular formula is C26H32N4O4S. The van der Waals surface area contributed by atoms with Crippen LogP contribution >= 0.6 is 0 Å². The predicted octanol–water partition coefficient (Wildman–Crippen LogP) is 3.76. The SMILES string of the molecule is Cc1c(N(C)S(=O)(=O)c2cccc(C(=O)NC3CCCCCC3)c2)c(=O)n(-c2ccccc2)n1C. The molecule has 186 valence electrons. The number of aromatic nitrogens is 2. The Morgan fingerprint density at radius 1 is 1.00 bits per heavy atom. The van der Waals surface area contributed by atoms with E-state index in [4.69, 9.17) is 0 Å². The van der Waals surface area contributed by atoms with E-state index in [0.29, 0.717) is 11.4 Å². The quantitative estimate of drug-likeness (QED) is 0.526. The van der Waals surface area contributed by atoms with E-state index in [2.05, 4.69) is 5.32 Å². The van der Waals surface area contributed by atoms with Crippen molar-refractivity contribution in [3.8, 4) is 5.69 Å². The highest BCUT2D eigenvalue weighted by molar-refractivity contribution is 7.92. The summed E-state index contributed by atoms with van der Waals surface area (Å²) in [4.78, 5) is 26.2. The fourth-order valence-corrected chi connectivity index (χ4v) is 5.98. The fourth-order valence-electron chi connectivity index (χ4n) is 4.69. The van der Waals surface area contributed by atoms with Crippen molar-refractivity contribution in [1.29, 1.82) is 0 Å². The van der Waals surface area contributed by atoms with Crippen molar-refractivity contribution in [3.63, 3.8) is 0 Å². The van der Waals surface area contributed by atoms with Gasteiger partial charge in [-0.15, -0.1) is 0 Å². The minimum absolute atomic E-state index is 0.0394. The van der Waals surface area contributed by atoms with Crippen LogP contribution in [0.15, 0.2) is 64.3 Å². The number of nitrogens with zero attached hydrogens (tertiary/aromatic N) is 3. The Labute approximate surface area is 206 Å². The van der Waals surface area contributed by atoms with Crippen LogP contribution in [0.4, 0.5) is 5.69 Å². The number of hydrogen-bond donors (Lipinski definition) is 1. The third-order valence-electron chi connectivity index (χ3n) is 6.78. The van der Waals surface area contributed by atoms with Crippen molar-refractivity contribution >= 4 is 21.6 Å². The van der Waals surface area contributed by atoms with E-state index >= 15 is 0 Å². The van der Waals surface area contributed by atoms with E-state index in [0.717, 1.165) is 30.0 Å². The van der Waals surface area contributed by atoms with Gasteiger partial charge < -0.3 is 5.32 Å². The molecule has 2 aromatic carbocycles. The first kappa shape index (κ1) is 24.8. The Kier molecular flexibility index (Phi) is 7.16. The summed E-state index contributed by atoms with van der Waals surface area (Å²) in [5, 5.41) is 3.06. The second-order valence-corrected chi connectivity index (χ2v) is 11.0. The monoisotopic (exact) mass is 496 g/mol. The number of hydrogen-bond acceptors (Lipinski definition) is 4. The van der Waals surface area contributed by atoms with Crippen molar-refractivity contribution < 1.29 is 13.2 Å². The van der Waals surface area contributed by atoms with E-state index in [9.17, 15) is 18.0 Å². The molecule has 0 aliphatic heterocycles. The summed E-state index contributed by atoms with van der Waals surface area (Å²) < 4.78 is 31.2. The van der Waals surface area contributed by atoms with Crippen LogP contribution in [0.25, 0.3) is 5.69 Å². The number of para-hydroxylation sites is 1. The van der Waals surface area contributed by atoms with Gasteiger partial charge >= 0.3 is 0 Å². The van der Waals surface area contributed by atoms with Crippen molar-refractivity contribution in [2.75, 3.05) is 11.4 Å². The van der Waals surface area contributed by atoms with Crippen LogP contribution in [0.3, 0.4) is 0 Å². The maximum atomic E-state index is 13.5. The zero-order valence-corrected chi connectivity index (χ0v) is 21.2. The number of carbonyl (C=O) groups is 1. The molecule has 0 unspecified atom stereocenters. The van der Waals surface area contributed by atoms with Gasteiger partial charge in [0.15, 0.2) is 0 Å². The molecule has 1 fully saturated rings. The third-order valence-corrected chi connectivity index (χ3v) is 8.54. The highest BCUT2D eigenvalue weighted by Crippen LogP contribution is 2.25. The first-order valence-electron chi connectivity index (χ1n) is 12.0. The summed E-state index contributed by atoms with van der Waals surface area (Å²) in [6, 6.07) is 15.2. The Bertz CT molecular complexity index is 1370. The molecule has 1 N–H and O–H groups in total. The highest BCUT2D eigenvalue weighted by atomic mass is 32.2. The molecule has 0 spiro atoms. The lowest BCUT2D eigenvalue weighted by Gasteiger charge is -2.19. The number of sulfonamides is 1. The molecule has 4 rings (SSSR count). The van der Waals surface area contributed by atoms with Gasteiger partial charge in [0, 0.05) is 25.7 Å². The first-order valence-corrected chi connectivity index (χ1v) is 13.4. The smallest absolute Gasteiger partial charge is 0.296 e. The number of anilines is 1. The van der Waals surface area contributed by atoms with Gasteiger partial charge in [-0.3, -0.25) is 18.6 Å². The molecule has 3 aromatic rings. The first-order chi connectivity index (χ1) is 16.7. The van der Waals surface area contributed by atoms with E-state index in [1.165, 1.54) is 36.7 Å². The van der Waals surface area contributed by atoms with Gasteiger partial charge in [-0.1, -0.05) is 49.9 Å². The van der Waals surface area contributed by atoms with Gasteiger partial charge in [0.2, 0.25) is 0 Å². The maximum absolute atomic E-state index is 13.5. The molecule has 0 bridgehead atoms. The molecular weight excluding hydrogens is 464 g/mol. The average Bonchev–Trinajstić information content (AvgIpc) is 3.02. The van der Waals surface area contributed by atoms with Gasteiger partial charge in [-0.2, -0.15) is 0 Å². The predicted molar refractivity (Wildman–Crippen MR) is 137 cm³/mol. The van der Waals surface area contributed by atoms with E-state index in [-0.39, 0.29) is 28.1 Å². The second kappa shape index (κ2) is 10.1. The molecule has 1 aliphatic rings. The minimum atomic E-state index is -4.09. The maximum Gasteiger partial charge on any atom is 0.296 e. The van der Waals surface area contributed by atoms with Crippen LogP contribution in [-0.2, 0) is 17.1 Å². The molecule has 0 atom stereocenters. The topological polar surface area (TPSA) is 93.4 Å². The molecule has 1 aromatic heterocycles. The molecule has 1 amide bonds. The summed E-state index contributed by atoms with van der Waals surface area (Å²) in [6.45, 7) is 1.71. The number of rotatable bonds is 6. The summed E-state index contributed by atoms with van der Waals surface area (Å²) in [7, 11) is -1.01.